The second kappa shape index (κ2) is 8.50. The highest BCUT2D eigenvalue weighted by Gasteiger charge is 2.29. The standard InChI is InChI=1S/C23H22N6O4S/c1-28-19-5-3-2-4-18(19)22-15(12-21(28)31)13-25-23(27-22)26-16-6-8-17(9-7-16)34(32,33)29-11-10-24-20(30)14-29/h2-9,13H,10-12,14H2,1H3,(H,24,30)(H,25,26,27). The highest BCUT2D eigenvalue weighted by molar-refractivity contribution is 7.89. The van der Waals surface area contributed by atoms with Crippen LogP contribution < -0.4 is 15.5 Å². The van der Waals surface area contributed by atoms with Crippen molar-refractivity contribution in [2.24, 2.45) is 0 Å². The van der Waals surface area contributed by atoms with Crippen molar-refractivity contribution in [2.75, 3.05) is 36.9 Å². The number of hydrogen-bond donors (Lipinski definition) is 2. The van der Waals surface area contributed by atoms with Gasteiger partial charge < -0.3 is 15.5 Å². The van der Waals surface area contributed by atoms with Gasteiger partial charge in [-0.05, 0) is 30.3 Å². The summed E-state index contributed by atoms with van der Waals surface area (Å²) in [6, 6.07) is 13.8. The van der Waals surface area contributed by atoms with E-state index in [0.717, 1.165) is 16.8 Å². The first kappa shape index (κ1) is 22.0. The third kappa shape index (κ3) is 3.99. The molecule has 2 aromatic carbocycles. The van der Waals surface area contributed by atoms with E-state index in [-0.39, 0.29) is 42.8 Å². The zero-order valence-corrected chi connectivity index (χ0v) is 19.2. The van der Waals surface area contributed by atoms with Crippen LogP contribution in [0.15, 0.2) is 59.6 Å². The van der Waals surface area contributed by atoms with E-state index in [9.17, 15) is 18.0 Å². The number of nitrogens with one attached hydrogen (secondary N) is 2. The third-order valence-corrected chi connectivity index (χ3v) is 7.71. The Kier molecular flexibility index (Phi) is 5.50. The van der Waals surface area contributed by atoms with Gasteiger partial charge in [0.1, 0.15) is 0 Å². The number of fused-ring (bicyclic) bond motifs is 3. The van der Waals surface area contributed by atoms with Crippen LogP contribution >= 0.6 is 0 Å². The Morgan fingerprint density at radius 2 is 1.82 bits per heavy atom. The second-order valence-corrected chi connectivity index (χ2v) is 9.99. The zero-order valence-electron chi connectivity index (χ0n) is 18.4. The number of anilines is 3. The van der Waals surface area contributed by atoms with Gasteiger partial charge in [0.25, 0.3) is 0 Å². The largest absolute Gasteiger partial charge is 0.354 e. The second-order valence-electron chi connectivity index (χ2n) is 8.05. The summed E-state index contributed by atoms with van der Waals surface area (Å²) in [5.74, 6) is -0.0321. The van der Waals surface area contributed by atoms with Crippen molar-refractivity contribution in [3.63, 3.8) is 0 Å². The van der Waals surface area contributed by atoms with E-state index in [0.29, 0.717) is 17.3 Å². The summed E-state index contributed by atoms with van der Waals surface area (Å²) in [6.45, 7) is 0.332. The van der Waals surface area contributed by atoms with Crippen molar-refractivity contribution < 1.29 is 18.0 Å². The van der Waals surface area contributed by atoms with E-state index in [2.05, 4.69) is 20.6 Å². The molecule has 3 aromatic rings. The van der Waals surface area contributed by atoms with Crippen molar-refractivity contribution in [1.82, 2.24) is 19.6 Å². The molecule has 0 atom stereocenters. The Bertz CT molecular complexity index is 1390. The molecular weight excluding hydrogens is 456 g/mol. The first-order valence-corrected chi connectivity index (χ1v) is 12.1. The Morgan fingerprint density at radius 1 is 1.06 bits per heavy atom. The molecule has 5 rings (SSSR count). The van der Waals surface area contributed by atoms with Gasteiger partial charge in [-0.15, -0.1) is 0 Å². The summed E-state index contributed by atoms with van der Waals surface area (Å²) < 4.78 is 26.8. The fourth-order valence-corrected chi connectivity index (χ4v) is 5.42. The highest BCUT2D eigenvalue weighted by atomic mass is 32.2. The van der Waals surface area contributed by atoms with Crippen molar-refractivity contribution in [3.8, 4) is 11.3 Å². The lowest BCUT2D eigenvalue weighted by molar-refractivity contribution is -0.122. The molecule has 10 nitrogen and oxygen atoms in total. The van der Waals surface area contributed by atoms with E-state index in [1.807, 2.05) is 24.3 Å². The summed E-state index contributed by atoms with van der Waals surface area (Å²) in [6.07, 6.45) is 1.83. The van der Waals surface area contributed by atoms with Crippen LogP contribution in [0.4, 0.5) is 17.3 Å². The molecule has 0 saturated carbocycles. The minimum absolute atomic E-state index is 0.0431. The average molecular weight is 479 g/mol. The highest BCUT2D eigenvalue weighted by Crippen LogP contribution is 2.35. The van der Waals surface area contributed by atoms with Crippen molar-refractivity contribution in [2.45, 2.75) is 11.3 Å². The molecule has 0 radical (unpaired) electrons. The lowest BCUT2D eigenvalue weighted by Crippen LogP contribution is -2.49. The number of carbonyl (C=O) groups excluding carboxylic acids is 2. The van der Waals surface area contributed by atoms with Crippen LogP contribution in [0, 0.1) is 0 Å². The van der Waals surface area contributed by atoms with Gasteiger partial charge in [-0.3, -0.25) is 9.59 Å². The van der Waals surface area contributed by atoms with Gasteiger partial charge in [-0.2, -0.15) is 4.31 Å². The fourth-order valence-electron chi connectivity index (χ4n) is 4.02. The summed E-state index contributed by atoms with van der Waals surface area (Å²) >= 11 is 0. The van der Waals surface area contributed by atoms with Crippen LogP contribution in [-0.4, -0.2) is 61.2 Å². The molecule has 0 spiro atoms. The molecule has 2 aliphatic heterocycles. The third-order valence-electron chi connectivity index (χ3n) is 5.85. The molecule has 11 heteroatoms. The number of carbonyl (C=O) groups is 2. The van der Waals surface area contributed by atoms with Gasteiger partial charge in [0.2, 0.25) is 27.8 Å². The molecular formula is C23H22N6O4S. The Morgan fingerprint density at radius 3 is 2.59 bits per heavy atom. The SMILES string of the molecule is CN1C(=O)Cc2cnc(Nc3ccc(S(=O)(=O)N4CCNC(=O)C4)cc3)nc2-c2ccccc21. The molecule has 34 heavy (non-hydrogen) atoms. The van der Waals surface area contributed by atoms with Crippen LogP contribution in [0.1, 0.15) is 5.56 Å². The molecule has 0 bridgehead atoms. The molecule has 0 unspecified atom stereocenters. The van der Waals surface area contributed by atoms with Gasteiger partial charge in [-0.25, -0.2) is 18.4 Å². The predicted octanol–water partition coefficient (Wildman–Crippen LogP) is 1.53. The molecule has 1 saturated heterocycles. The molecule has 2 amide bonds. The normalized spacial score (nSPS) is 16.3. The van der Waals surface area contributed by atoms with Crippen LogP contribution in [0.25, 0.3) is 11.3 Å². The number of piperazine rings is 1. The molecule has 3 heterocycles. The first-order chi connectivity index (χ1) is 16.3. The fraction of sp³-hybridized carbons (Fsp3) is 0.217. The molecule has 2 aliphatic rings. The van der Waals surface area contributed by atoms with E-state index >= 15 is 0 Å². The Labute approximate surface area is 196 Å². The predicted molar refractivity (Wildman–Crippen MR) is 126 cm³/mol. The topological polar surface area (TPSA) is 125 Å². The average Bonchev–Trinajstić information content (AvgIpc) is 2.94. The number of sulfonamides is 1. The van der Waals surface area contributed by atoms with Gasteiger partial charge in [0, 0.05) is 43.1 Å². The number of hydrogen-bond acceptors (Lipinski definition) is 7. The number of aromatic nitrogens is 2. The molecule has 2 N–H and O–H groups in total. The molecule has 1 fully saturated rings. The molecule has 0 aliphatic carbocycles. The monoisotopic (exact) mass is 478 g/mol. The quantitative estimate of drug-likeness (QED) is 0.583. The van der Waals surface area contributed by atoms with Crippen LogP contribution in [0.5, 0.6) is 0 Å². The number of rotatable bonds is 4. The van der Waals surface area contributed by atoms with Crippen LogP contribution in [0.2, 0.25) is 0 Å². The first-order valence-electron chi connectivity index (χ1n) is 10.7. The van der Waals surface area contributed by atoms with Crippen molar-refractivity contribution in [3.05, 3.63) is 60.3 Å². The summed E-state index contributed by atoms with van der Waals surface area (Å²) in [7, 11) is -2.03. The number of likely N-dealkylation sites (N-methyl/N-ethyl adjacent to an activating group) is 1. The minimum atomic E-state index is -3.77. The lowest BCUT2D eigenvalue weighted by atomic mass is 10.1. The number of nitrogens with zero attached hydrogens (tertiary/aromatic N) is 4. The number of amides is 2. The molecule has 1 aromatic heterocycles. The minimum Gasteiger partial charge on any atom is -0.354 e. The van der Waals surface area contributed by atoms with Gasteiger partial charge >= 0.3 is 0 Å². The maximum atomic E-state index is 12.8. The summed E-state index contributed by atoms with van der Waals surface area (Å²) in [4.78, 5) is 34.9. The Hall–Kier alpha value is -3.83. The maximum absolute atomic E-state index is 12.8. The maximum Gasteiger partial charge on any atom is 0.243 e. The van der Waals surface area contributed by atoms with Crippen molar-refractivity contribution in [1.29, 1.82) is 0 Å². The summed E-state index contributed by atoms with van der Waals surface area (Å²) in [5, 5.41) is 5.72. The smallest absolute Gasteiger partial charge is 0.243 e. The van der Waals surface area contributed by atoms with E-state index < -0.39 is 10.0 Å². The number of benzene rings is 2. The molecule has 174 valence electrons. The van der Waals surface area contributed by atoms with Crippen LogP contribution in [-0.2, 0) is 26.0 Å². The lowest BCUT2D eigenvalue weighted by Gasteiger charge is -2.25. The van der Waals surface area contributed by atoms with E-state index in [1.54, 1.807) is 30.3 Å². The van der Waals surface area contributed by atoms with E-state index in [4.69, 9.17) is 0 Å². The van der Waals surface area contributed by atoms with Gasteiger partial charge in [-0.1, -0.05) is 18.2 Å². The Balaban J connectivity index is 1.41. The van der Waals surface area contributed by atoms with Gasteiger partial charge in [0.15, 0.2) is 0 Å². The van der Waals surface area contributed by atoms with Crippen LogP contribution in [0.3, 0.4) is 0 Å². The number of para-hydroxylation sites is 1. The van der Waals surface area contributed by atoms with Gasteiger partial charge in [0.05, 0.1) is 29.2 Å². The summed E-state index contributed by atoms with van der Waals surface area (Å²) in [5.41, 5.74) is 3.62. The van der Waals surface area contributed by atoms with Crippen molar-refractivity contribution >= 4 is 39.2 Å². The van der Waals surface area contributed by atoms with E-state index in [1.165, 1.54) is 16.4 Å². The zero-order chi connectivity index (χ0) is 23.9.